The Kier molecular flexibility index (Phi) is 12.4. The molecule has 6 nitrogen and oxygen atoms in total. The zero-order valence-electron chi connectivity index (χ0n) is 18.0. The SMILES string of the molecule is CCNC(=NCCc1ccccc1Cl)NCCc1ccc(OC)c(OC)c1OC.I. The molecule has 2 aromatic rings. The summed E-state index contributed by atoms with van der Waals surface area (Å²) in [6, 6.07) is 11.7. The third-order valence-corrected chi connectivity index (χ3v) is 4.79. The number of rotatable bonds is 10. The van der Waals surface area contributed by atoms with Crippen molar-refractivity contribution in [2.45, 2.75) is 19.8 Å². The van der Waals surface area contributed by atoms with Crippen LogP contribution in [0.1, 0.15) is 18.1 Å². The first-order chi connectivity index (χ1) is 14.1. The number of halogens is 2. The van der Waals surface area contributed by atoms with E-state index in [2.05, 4.69) is 15.6 Å². The van der Waals surface area contributed by atoms with E-state index in [1.165, 1.54) is 0 Å². The molecule has 0 amide bonds. The molecule has 0 radical (unpaired) electrons. The van der Waals surface area contributed by atoms with Gasteiger partial charge in [-0.05, 0) is 37.5 Å². The van der Waals surface area contributed by atoms with Crippen LogP contribution in [0.25, 0.3) is 0 Å². The molecule has 0 heterocycles. The van der Waals surface area contributed by atoms with Gasteiger partial charge in [0.1, 0.15) is 0 Å². The Labute approximate surface area is 201 Å². The van der Waals surface area contributed by atoms with Crippen LogP contribution in [0.3, 0.4) is 0 Å². The Hall–Kier alpha value is -1.87. The van der Waals surface area contributed by atoms with Crippen molar-refractivity contribution < 1.29 is 14.2 Å². The van der Waals surface area contributed by atoms with E-state index >= 15 is 0 Å². The van der Waals surface area contributed by atoms with Crippen LogP contribution in [0.15, 0.2) is 41.4 Å². The van der Waals surface area contributed by atoms with Gasteiger partial charge in [-0.15, -0.1) is 24.0 Å². The fourth-order valence-corrected chi connectivity index (χ4v) is 3.24. The van der Waals surface area contributed by atoms with E-state index in [0.717, 1.165) is 41.5 Å². The maximum atomic E-state index is 6.22. The molecule has 166 valence electrons. The van der Waals surface area contributed by atoms with E-state index < -0.39 is 0 Å². The fourth-order valence-electron chi connectivity index (χ4n) is 3.01. The number of methoxy groups -OCH3 is 3. The maximum absolute atomic E-state index is 6.22. The molecule has 0 fully saturated rings. The summed E-state index contributed by atoms with van der Waals surface area (Å²) in [5.41, 5.74) is 2.13. The molecule has 8 heteroatoms. The van der Waals surface area contributed by atoms with Crippen LogP contribution in [0.2, 0.25) is 5.02 Å². The van der Waals surface area contributed by atoms with E-state index in [9.17, 15) is 0 Å². The Morgan fingerprint density at radius 3 is 2.27 bits per heavy atom. The van der Waals surface area contributed by atoms with Crippen molar-refractivity contribution in [1.82, 2.24) is 10.6 Å². The van der Waals surface area contributed by atoms with E-state index in [1.807, 2.05) is 43.3 Å². The lowest BCUT2D eigenvalue weighted by molar-refractivity contribution is 0.322. The van der Waals surface area contributed by atoms with Crippen LogP contribution in [-0.2, 0) is 12.8 Å². The normalized spacial score (nSPS) is 10.8. The molecule has 0 unspecified atom stereocenters. The molecule has 0 aromatic heterocycles. The summed E-state index contributed by atoms with van der Waals surface area (Å²) < 4.78 is 16.3. The van der Waals surface area contributed by atoms with Gasteiger partial charge in [-0.25, -0.2) is 0 Å². The number of nitrogens with one attached hydrogen (secondary N) is 2. The summed E-state index contributed by atoms with van der Waals surface area (Å²) >= 11 is 6.22. The molecule has 2 rings (SSSR count). The van der Waals surface area contributed by atoms with Crippen molar-refractivity contribution >= 4 is 41.5 Å². The van der Waals surface area contributed by atoms with Gasteiger partial charge in [0, 0.05) is 30.2 Å². The van der Waals surface area contributed by atoms with Gasteiger partial charge in [-0.3, -0.25) is 4.99 Å². The Morgan fingerprint density at radius 1 is 0.900 bits per heavy atom. The zero-order chi connectivity index (χ0) is 21.1. The number of aliphatic imine (C=N–C) groups is 1. The van der Waals surface area contributed by atoms with E-state index in [1.54, 1.807) is 21.3 Å². The highest BCUT2D eigenvalue weighted by Gasteiger charge is 2.15. The van der Waals surface area contributed by atoms with Crippen molar-refractivity contribution in [3.63, 3.8) is 0 Å². The van der Waals surface area contributed by atoms with Gasteiger partial charge in [0.2, 0.25) is 5.75 Å². The lowest BCUT2D eigenvalue weighted by Gasteiger charge is -2.16. The molecule has 0 bridgehead atoms. The topological polar surface area (TPSA) is 64.1 Å². The minimum Gasteiger partial charge on any atom is -0.493 e. The van der Waals surface area contributed by atoms with E-state index in [4.69, 9.17) is 25.8 Å². The molecule has 0 saturated carbocycles. The zero-order valence-corrected chi connectivity index (χ0v) is 21.0. The van der Waals surface area contributed by atoms with Crippen molar-refractivity contribution in [2.24, 2.45) is 4.99 Å². The van der Waals surface area contributed by atoms with Crippen LogP contribution in [0.4, 0.5) is 0 Å². The van der Waals surface area contributed by atoms with Gasteiger partial charge in [0.05, 0.1) is 21.3 Å². The Balaban J connectivity index is 0.00000450. The highest BCUT2D eigenvalue weighted by molar-refractivity contribution is 14.0. The molecule has 0 aliphatic heterocycles. The predicted octanol–water partition coefficient (Wildman–Crippen LogP) is 4.32. The molecule has 0 aliphatic rings. The van der Waals surface area contributed by atoms with Gasteiger partial charge in [0.15, 0.2) is 17.5 Å². The number of guanidine groups is 1. The monoisotopic (exact) mass is 547 g/mol. The van der Waals surface area contributed by atoms with Gasteiger partial charge in [0.25, 0.3) is 0 Å². The summed E-state index contributed by atoms with van der Waals surface area (Å²) in [5.74, 6) is 2.72. The number of hydrogen-bond acceptors (Lipinski definition) is 4. The summed E-state index contributed by atoms with van der Waals surface area (Å²) in [6.45, 7) is 4.18. The van der Waals surface area contributed by atoms with Crippen LogP contribution in [0, 0.1) is 0 Å². The largest absolute Gasteiger partial charge is 0.493 e. The van der Waals surface area contributed by atoms with Crippen molar-refractivity contribution in [2.75, 3.05) is 41.0 Å². The highest BCUT2D eigenvalue weighted by Crippen LogP contribution is 2.39. The molecule has 2 N–H and O–H groups in total. The second kappa shape index (κ2) is 14.2. The second-order valence-electron chi connectivity index (χ2n) is 6.27. The lowest BCUT2D eigenvalue weighted by Crippen LogP contribution is -2.38. The Morgan fingerprint density at radius 2 is 1.63 bits per heavy atom. The third kappa shape index (κ3) is 7.43. The van der Waals surface area contributed by atoms with Gasteiger partial charge in [-0.2, -0.15) is 0 Å². The smallest absolute Gasteiger partial charge is 0.203 e. The summed E-state index contributed by atoms with van der Waals surface area (Å²) in [5, 5.41) is 7.41. The quantitative estimate of drug-likeness (QED) is 0.264. The molecule has 30 heavy (non-hydrogen) atoms. The lowest BCUT2D eigenvalue weighted by atomic mass is 10.1. The Bertz CT molecular complexity index is 818. The molecule has 0 aliphatic carbocycles. The summed E-state index contributed by atoms with van der Waals surface area (Å²) in [4.78, 5) is 4.64. The second-order valence-corrected chi connectivity index (χ2v) is 6.68. The van der Waals surface area contributed by atoms with Crippen molar-refractivity contribution in [3.05, 3.63) is 52.5 Å². The van der Waals surface area contributed by atoms with E-state index in [-0.39, 0.29) is 24.0 Å². The fraction of sp³-hybridized carbons (Fsp3) is 0.409. The molecule has 2 aromatic carbocycles. The molecule has 0 saturated heterocycles. The number of ether oxygens (including phenoxy) is 3. The molecule has 0 spiro atoms. The third-order valence-electron chi connectivity index (χ3n) is 4.43. The average Bonchev–Trinajstić information content (AvgIpc) is 2.74. The van der Waals surface area contributed by atoms with Crippen LogP contribution < -0.4 is 24.8 Å². The van der Waals surface area contributed by atoms with Crippen molar-refractivity contribution in [3.8, 4) is 17.2 Å². The minimum atomic E-state index is 0. The maximum Gasteiger partial charge on any atom is 0.203 e. The highest BCUT2D eigenvalue weighted by atomic mass is 127. The van der Waals surface area contributed by atoms with Crippen molar-refractivity contribution in [1.29, 1.82) is 0 Å². The average molecular weight is 548 g/mol. The first-order valence-corrected chi connectivity index (χ1v) is 10.1. The van der Waals surface area contributed by atoms with Gasteiger partial charge in [-0.1, -0.05) is 35.9 Å². The first kappa shape index (κ1) is 26.2. The number of nitrogens with zero attached hydrogens (tertiary/aromatic N) is 1. The number of hydrogen-bond donors (Lipinski definition) is 2. The van der Waals surface area contributed by atoms with Crippen LogP contribution in [0.5, 0.6) is 17.2 Å². The van der Waals surface area contributed by atoms with E-state index in [0.29, 0.717) is 30.3 Å². The molecular formula is C22H31ClIN3O3. The van der Waals surface area contributed by atoms with Gasteiger partial charge >= 0.3 is 0 Å². The standard InChI is InChI=1S/C22H30ClN3O3.HI/c1-5-24-22(25-14-12-16-8-6-7-9-18(16)23)26-15-13-17-10-11-19(27-2)21(29-4)20(17)28-3;/h6-11H,5,12-15H2,1-4H3,(H2,24,25,26);1H. The predicted molar refractivity (Wildman–Crippen MR) is 134 cm³/mol. The summed E-state index contributed by atoms with van der Waals surface area (Å²) in [7, 11) is 4.85. The van der Waals surface area contributed by atoms with Crippen LogP contribution >= 0.6 is 35.6 Å². The number of benzene rings is 2. The summed E-state index contributed by atoms with van der Waals surface area (Å²) in [6.07, 6.45) is 1.54. The first-order valence-electron chi connectivity index (χ1n) is 9.68. The molecule has 0 atom stereocenters. The minimum absolute atomic E-state index is 0. The molecular weight excluding hydrogens is 517 g/mol. The van der Waals surface area contributed by atoms with Crippen LogP contribution in [-0.4, -0.2) is 46.9 Å². The van der Waals surface area contributed by atoms with Gasteiger partial charge < -0.3 is 24.8 Å².